The highest BCUT2D eigenvalue weighted by Crippen LogP contribution is 2.32. The molecule has 5 heteroatoms. The molecular weight excluding hydrogens is 266 g/mol. The Balaban J connectivity index is 2.00. The van der Waals surface area contributed by atoms with Crippen LogP contribution in [0.3, 0.4) is 0 Å². The lowest BCUT2D eigenvalue weighted by molar-refractivity contribution is -0.132. The summed E-state index contributed by atoms with van der Waals surface area (Å²) in [5.74, 6) is -0.0304. The molecule has 0 saturated carbocycles. The molecule has 1 unspecified atom stereocenters. The lowest BCUT2D eigenvalue weighted by Crippen LogP contribution is -2.37. The molecule has 0 saturated heterocycles. The number of hydrogen-bond acceptors (Lipinski definition) is 4. The van der Waals surface area contributed by atoms with Crippen LogP contribution in [0.5, 0.6) is 0 Å². The van der Waals surface area contributed by atoms with E-state index in [-0.39, 0.29) is 12.0 Å². The molecule has 1 aliphatic heterocycles. The van der Waals surface area contributed by atoms with E-state index in [1.54, 1.807) is 18.1 Å². The topological polar surface area (TPSA) is 54.8 Å². The van der Waals surface area contributed by atoms with Crippen LogP contribution in [0.4, 0.5) is 0 Å². The smallest absolute Gasteiger partial charge is 0.251 e. The number of ether oxygens (including phenoxy) is 1. The van der Waals surface area contributed by atoms with Gasteiger partial charge in [0.2, 0.25) is 0 Å². The zero-order valence-electron chi connectivity index (χ0n) is 12.1. The van der Waals surface area contributed by atoms with Crippen molar-refractivity contribution in [3.05, 3.63) is 42.1 Å². The standard InChI is InChI=1S/C16H17N3O2/c1-3-19(2)16(20)14-15(21-10-18-14)12-8-9-17-13-7-5-4-6-11(12)13/h4-10,14-15H,3H2,1-2H3/t14?,15-/m1/s1. The largest absolute Gasteiger partial charge is 0.473 e. The van der Waals surface area contributed by atoms with E-state index in [0.717, 1.165) is 16.5 Å². The van der Waals surface area contributed by atoms with Gasteiger partial charge in [0.05, 0.1) is 5.52 Å². The summed E-state index contributed by atoms with van der Waals surface area (Å²) >= 11 is 0. The number of pyridine rings is 1. The fraction of sp³-hybridized carbons (Fsp3) is 0.312. The maximum Gasteiger partial charge on any atom is 0.251 e. The third kappa shape index (κ3) is 2.35. The molecule has 3 rings (SSSR count). The molecule has 0 bridgehead atoms. The second-order valence-electron chi connectivity index (χ2n) is 5.03. The summed E-state index contributed by atoms with van der Waals surface area (Å²) < 4.78 is 5.61. The van der Waals surface area contributed by atoms with Gasteiger partial charge in [0.25, 0.3) is 5.91 Å². The Morgan fingerprint density at radius 2 is 2.14 bits per heavy atom. The van der Waals surface area contributed by atoms with E-state index in [9.17, 15) is 4.79 Å². The van der Waals surface area contributed by atoms with E-state index >= 15 is 0 Å². The predicted octanol–water partition coefficient (Wildman–Crippen LogP) is 2.18. The molecular formula is C16H17N3O2. The van der Waals surface area contributed by atoms with E-state index in [2.05, 4.69) is 9.98 Å². The molecule has 1 aromatic heterocycles. The Bertz CT molecular complexity index is 693. The molecule has 1 amide bonds. The van der Waals surface area contributed by atoms with Gasteiger partial charge in [-0.25, -0.2) is 4.99 Å². The van der Waals surface area contributed by atoms with Crippen LogP contribution in [0, 0.1) is 0 Å². The van der Waals surface area contributed by atoms with Crippen molar-refractivity contribution in [1.29, 1.82) is 0 Å². The number of carbonyl (C=O) groups is 1. The van der Waals surface area contributed by atoms with Crippen molar-refractivity contribution in [2.24, 2.45) is 4.99 Å². The fourth-order valence-electron chi connectivity index (χ4n) is 2.50. The van der Waals surface area contributed by atoms with Gasteiger partial charge < -0.3 is 9.64 Å². The van der Waals surface area contributed by atoms with Crippen molar-refractivity contribution in [3.63, 3.8) is 0 Å². The normalized spacial score (nSPS) is 20.5. The summed E-state index contributed by atoms with van der Waals surface area (Å²) in [5.41, 5.74) is 1.83. The molecule has 1 aromatic carbocycles. The van der Waals surface area contributed by atoms with E-state index in [1.807, 2.05) is 37.3 Å². The number of aliphatic imine (C=N–C) groups is 1. The molecule has 1 aliphatic rings. The average Bonchev–Trinajstić information content (AvgIpc) is 3.02. The maximum absolute atomic E-state index is 12.4. The molecule has 0 fully saturated rings. The average molecular weight is 283 g/mol. The number of likely N-dealkylation sites (N-methyl/N-ethyl adjacent to an activating group) is 1. The van der Waals surface area contributed by atoms with Gasteiger partial charge in [0.1, 0.15) is 0 Å². The molecule has 2 heterocycles. The van der Waals surface area contributed by atoms with Crippen LogP contribution in [-0.2, 0) is 9.53 Å². The lowest BCUT2D eigenvalue weighted by atomic mass is 9.98. The van der Waals surface area contributed by atoms with Crippen LogP contribution in [-0.4, -0.2) is 41.8 Å². The number of benzene rings is 1. The number of hydrogen-bond donors (Lipinski definition) is 0. The predicted molar refractivity (Wildman–Crippen MR) is 81.2 cm³/mol. The van der Waals surface area contributed by atoms with Gasteiger partial charge in [0, 0.05) is 30.7 Å². The molecule has 0 aliphatic carbocycles. The lowest BCUT2D eigenvalue weighted by Gasteiger charge is -2.22. The quantitative estimate of drug-likeness (QED) is 0.867. The summed E-state index contributed by atoms with van der Waals surface area (Å²) in [4.78, 5) is 22.6. The number of fused-ring (bicyclic) bond motifs is 1. The first kappa shape index (κ1) is 13.5. The zero-order valence-corrected chi connectivity index (χ0v) is 12.1. The number of carbonyl (C=O) groups excluding carboxylic acids is 1. The number of para-hydroxylation sites is 1. The van der Waals surface area contributed by atoms with Crippen LogP contribution < -0.4 is 0 Å². The molecule has 0 spiro atoms. The van der Waals surface area contributed by atoms with E-state index in [0.29, 0.717) is 6.54 Å². The van der Waals surface area contributed by atoms with Gasteiger partial charge in [-0.2, -0.15) is 0 Å². The number of aromatic nitrogens is 1. The van der Waals surface area contributed by atoms with Crippen molar-refractivity contribution < 1.29 is 9.53 Å². The van der Waals surface area contributed by atoms with Crippen LogP contribution in [0.15, 0.2) is 41.5 Å². The molecule has 21 heavy (non-hydrogen) atoms. The van der Waals surface area contributed by atoms with Gasteiger partial charge >= 0.3 is 0 Å². The van der Waals surface area contributed by atoms with Gasteiger partial charge in [-0.3, -0.25) is 9.78 Å². The SMILES string of the molecule is CCN(C)C(=O)C1N=CO[C@@H]1c1ccnc2ccccc12. The van der Waals surface area contributed by atoms with Crippen molar-refractivity contribution >= 4 is 23.2 Å². The van der Waals surface area contributed by atoms with Crippen molar-refractivity contribution in [3.8, 4) is 0 Å². The monoisotopic (exact) mass is 283 g/mol. The third-order valence-electron chi connectivity index (χ3n) is 3.81. The van der Waals surface area contributed by atoms with Crippen molar-refractivity contribution in [1.82, 2.24) is 9.88 Å². The molecule has 0 N–H and O–H groups in total. The Morgan fingerprint density at radius 1 is 1.33 bits per heavy atom. The van der Waals surface area contributed by atoms with Crippen LogP contribution in [0.2, 0.25) is 0 Å². The molecule has 5 nitrogen and oxygen atoms in total. The van der Waals surface area contributed by atoms with Crippen LogP contribution >= 0.6 is 0 Å². The van der Waals surface area contributed by atoms with Gasteiger partial charge in [-0.1, -0.05) is 18.2 Å². The minimum absolute atomic E-state index is 0.0304. The Hall–Kier alpha value is -2.43. The van der Waals surface area contributed by atoms with Crippen LogP contribution in [0.1, 0.15) is 18.6 Å². The first-order chi connectivity index (χ1) is 10.2. The van der Waals surface area contributed by atoms with E-state index in [1.165, 1.54) is 6.40 Å². The first-order valence-corrected chi connectivity index (χ1v) is 6.98. The Kier molecular flexibility index (Phi) is 3.56. The summed E-state index contributed by atoms with van der Waals surface area (Å²) in [6.45, 7) is 2.59. The summed E-state index contributed by atoms with van der Waals surface area (Å²) in [5, 5.41) is 0.993. The zero-order chi connectivity index (χ0) is 14.8. The van der Waals surface area contributed by atoms with E-state index < -0.39 is 6.04 Å². The fourth-order valence-corrected chi connectivity index (χ4v) is 2.50. The number of amides is 1. The van der Waals surface area contributed by atoms with Crippen molar-refractivity contribution in [2.45, 2.75) is 19.1 Å². The van der Waals surface area contributed by atoms with E-state index in [4.69, 9.17) is 4.74 Å². The summed E-state index contributed by atoms with van der Waals surface area (Å²) in [7, 11) is 1.78. The highest BCUT2D eigenvalue weighted by molar-refractivity contribution is 5.88. The molecule has 2 aromatic rings. The highest BCUT2D eigenvalue weighted by Gasteiger charge is 2.36. The Labute approximate surface area is 123 Å². The number of rotatable bonds is 3. The molecule has 0 radical (unpaired) electrons. The molecule has 108 valence electrons. The second kappa shape index (κ2) is 5.52. The molecule has 2 atom stereocenters. The van der Waals surface area contributed by atoms with Crippen molar-refractivity contribution in [2.75, 3.05) is 13.6 Å². The number of nitrogens with zero attached hydrogens (tertiary/aromatic N) is 3. The van der Waals surface area contributed by atoms with Gasteiger partial charge in [-0.15, -0.1) is 0 Å². The van der Waals surface area contributed by atoms with Crippen LogP contribution in [0.25, 0.3) is 10.9 Å². The summed E-state index contributed by atoms with van der Waals surface area (Å²) in [6.07, 6.45) is 2.73. The highest BCUT2D eigenvalue weighted by atomic mass is 16.5. The summed E-state index contributed by atoms with van der Waals surface area (Å²) in [6, 6.07) is 9.21. The third-order valence-corrected chi connectivity index (χ3v) is 3.81. The second-order valence-corrected chi connectivity index (χ2v) is 5.03. The first-order valence-electron chi connectivity index (χ1n) is 6.98. The van der Waals surface area contributed by atoms with Gasteiger partial charge in [-0.05, 0) is 19.1 Å². The van der Waals surface area contributed by atoms with Gasteiger partial charge in [0.15, 0.2) is 18.5 Å². The maximum atomic E-state index is 12.4. The Morgan fingerprint density at radius 3 is 2.95 bits per heavy atom. The minimum Gasteiger partial charge on any atom is -0.473 e. The minimum atomic E-state index is -0.527.